The molecule has 1 N–H and O–H groups in total. The van der Waals surface area contributed by atoms with E-state index in [1.165, 1.54) is 6.42 Å². The van der Waals surface area contributed by atoms with E-state index in [2.05, 4.69) is 31.1 Å². The summed E-state index contributed by atoms with van der Waals surface area (Å²) >= 11 is 0. The Kier molecular flexibility index (Phi) is 4.99. The molecule has 1 amide bonds. The van der Waals surface area contributed by atoms with E-state index in [9.17, 15) is 4.79 Å². The number of rotatable bonds is 4. The minimum atomic E-state index is 0.0620. The Morgan fingerprint density at radius 1 is 1.40 bits per heavy atom. The summed E-state index contributed by atoms with van der Waals surface area (Å²) < 4.78 is 0. The van der Waals surface area contributed by atoms with E-state index >= 15 is 0 Å². The number of nitrogens with zero attached hydrogens (tertiary/aromatic N) is 2. The molecule has 0 unspecified atom stereocenters. The zero-order chi connectivity index (χ0) is 14.5. The second-order valence-corrected chi connectivity index (χ2v) is 5.85. The molecule has 4 heteroatoms. The molecule has 0 atom stereocenters. The van der Waals surface area contributed by atoms with Crippen LogP contribution in [0, 0.1) is 5.92 Å². The Morgan fingerprint density at radius 3 is 2.70 bits per heavy atom. The number of nitrogens with one attached hydrogen (secondary N) is 1. The van der Waals surface area contributed by atoms with E-state index in [-0.39, 0.29) is 5.91 Å². The van der Waals surface area contributed by atoms with Crippen molar-refractivity contribution in [1.29, 1.82) is 0 Å². The van der Waals surface area contributed by atoms with Gasteiger partial charge in [-0.25, -0.2) is 4.98 Å². The van der Waals surface area contributed by atoms with E-state index in [1.807, 2.05) is 17.0 Å². The third-order valence-corrected chi connectivity index (χ3v) is 3.88. The van der Waals surface area contributed by atoms with E-state index in [0.717, 1.165) is 37.7 Å². The van der Waals surface area contributed by atoms with Crippen molar-refractivity contribution in [1.82, 2.24) is 9.88 Å². The second kappa shape index (κ2) is 6.73. The molecule has 0 aliphatic carbocycles. The van der Waals surface area contributed by atoms with E-state index in [4.69, 9.17) is 0 Å². The summed E-state index contributed by atoms with van der Waals surface area (Å²) in [5, 5.41) is 3.24. The minimum absolute atomic E-state index is 0.0620. The van der Waals surface area contributed by atoms with Gasteiger partial charge in [0.05, 0.1) is 0 Å². The van der Waals surface area contributed by atoms with Crippen LogP contribution in [0.3, 0.4) is 0 Å². The lowest BCUT2D eigenvalue weighted by molar-refractivity contribution is 0.0683. The van der Waals surface area contributed by atoms with Gasteiger partial charge in [-0.15, -0.1) is 0 Å². The molecule has 110 valence electrons. The van der Waals surface area contributed by atoms with Gasteiger partial charge in [0, 0.05) is 19.1 Å². The molecule has 1 aromatic heterocycles. The van der Waals surface area contributed by atoms with Crippen LogP contribution < -0.4 is 5.32 Å². The normalized spacial score (nSPS) is 16.5. The van der Waals surface area contributed by atoms with Gasteiger partial charge in [0.15, 0.2) is 0 Å². The molecule has 2 rings (SSSR count). The lowest BCUT2D eigenvalue weighted by Crippen LogP contribution is -2.38. The van der Waals surface area contributed by atoms with Crippen LogP contribution in [0.4, 0.5) is 5.82 Å². The average molecular weight is 275 g/mol. The fourth-order valence-corrected chi connectivity index (χ4v) is 2.64. The highest BCUT2D eigenvalue weighted by atomic mass is 16.2. The largest absolute Gasteiger partial charge is 0.368 e. The molecule has 2 heterocycles. The molecule has 1 aliphatic rings. The van der Waals surface area contributed by atoms with Crippen LogP contribution in [0.1, 0.15) is 50.5 Å². The van der Waals surface area contributed by atoms with Gasteiger partial charge in [0.25, 0.3) is 5.91 Å². The standard InChI is InChI=1S/C16H25N3O/c1-4-13-8-10-19(11-9-13)16(20)14-6-5-7-15(18-14)17-12(2)3/h5-7,12-13H,4,8-11H2,1-3H3,(H,17,18). The predicted octanol–water partition coefficient (Wildman–Crippen LogP) is 3.16. The first kappa shape index (κ1) is 14.8. The molecule has 1 saturated heterocycles. The fraction of sp³-hybridized carbons (Fsp3) is 0.625. The van der Waals surface area contributed by atoms with E-state index < -0.39 is 0 Å². The number of aromatic nitrogens is 1. The fourth-order valence-electron chi connectivity index (χ4n) is 2.64. The molecule has 0 aromatic carbocycles. The summed E-state index contributed by atoms with van der Waals surface area (Å²) in [6.07, 6.45) is 3.45. The molecular formula is C16H25N3O. The zero-order valence-electron chi connectivity index (χ0n) is 12.7. The van der Waals surface area contributed by atoms with Crippen molar-refractivity contribution in [2.24, 2.45) is 5.92 Å². The first-order valence-electron chi connectivity index (χ1n) is 7.63. The maximum Gasteiger partial charge on any atom is 0.272 e. The zero-order valence-corrected chi connectivity index (χ0v) is 12.7. The summed E-state index contributed by atoms with van der Waals surface area (Å²) in [6.45, 7) is 8.07. The molecule has 20 heavy (non-hydrogen) atoms. The average Bonchev–Trinajstić information content (AvgIpc) is 2.46. The SMILES string of the molecule is CCC1CCN(C(=O)c2cccc(NC(C)C)n2)CC1. The number of carbonyl (C=O) groups excluding carboxylic acids is 1. The Bertz CT molecular complexity index is 451. The van der Waals surface area contributed by atoms with Gasteiger partial charge in [0.1, 0.15) is 11.5 Å². The van der Waals surface area contributed by atoms with Crippen LogP contribution in [-0.2, 0) is 0 Å². The van der Waals surface area contributed by atoms with Crippen molar-refractivity contribution in [3.63, 3.8) is 0 Å². The maximum atomic E-state index is 12.5. The highest BCUT2D eigenvalue weighted by molar-refractivity contribution is 5.92. The van der Waals surface area contributed by atoms with Crippen LogP contribution >= 0.6 is 0 Å². The monoisotopic (exact) mass is 275 g/mol. The van der Waals surface area contributed by atoms with Crippen molar-refractivity contribution < 1.29 is 4.79 Å². The molecule has 0 bridgehead atoms. The van der Waals surface area contributed by atoms with Gasteiger partial charge in [-0.3, -0.25) is 4.79 Å². The number of hydrogen-bond acceptors (Lipinski definition) is 3. The first-order chi connectivity index (χ1) is 9.60. The van der Waals surface area contributed by atoms with Crippen molar-refractivity contribution >= 4 is 11.7 Å². The summed E-state index contributed by atoms with van der Waals surface area (Å²) in [5.41, 5.74) is 0.547. The molecule has 0 saturated carbocycles. The number of anilines is 1. The first-order valence-corrected chi connectivity index (χ1v) is 7.63. The van der Waals surface area contributed by atoms with E-state index in [0.29, 0.717) is 11.7 Å². The third kappa shape index (κ3) is 3.71. The highest BCUT2D eigenvalue weighted by Gasteiger charge is 2.23. The number of pyridine rings is 1. The van der Waals surface area contributed by atoms with Crippen LogP contribution in [-0.4, -0.2) is 34.9 Å². The molecule has 4 nitrogen and oxygen atoms in total. The predicted molar refractivity (Wildman–Crippen MR) is 81.9 cm³/mol. The number of hydrogen-bond donors (Lipinski definition) is 1. The summed E-state index contributed by atoms with van der Waals surface area (Å²) in [5.74, 6) is 1.61. The lowest BCUT2D eigenvalue weighted by atomic mass is 9.94. The van der Waals surface area contributed by atoms with Gasteiger partial charge in [-0.1, -0.05) is 19.4 Å². The molecule has 0 spiro atoms. The Balaban J connectivity index is 2.02. The maximum absolute atomic E-state index is 12.5. The summed E-state index contributed by atoms with van der Waals surface area (Å²) in [4.78, 5) is 18.8. The number of likely N-dealkylation sites (tertiary alicyclic amines) is 1. The quantitative estimate of drug-likeness (QED) is 0.918. The van der Waals surface area contributed by atoms with Gasteiger partial charge < -0.3 is 10.2 Å². The molecule has 1 aromatic rings. The van der Waals surface area contributed by atoms with Crippen molar-refractivity contribution in [3.8, 4) is 0 Å². The topological polar surface area (TPSA) is 45.2 Å². The van der Waals surface area contributed by atoms with Gasteiger partial charge in [-0.2, -0.15) is 0 Å². The van der Waals surface area contributed by atoms with Gasteiger partial charge >= 0.3 is 0 Å². The molecular weight excluding hydrogens is 250 g/mol. The van der Waals surface area contributed by atoms with E-state index in [1.54, 1.807) is 6.07 Å². The Labute approximate surface area is 121 Å². The summed E-state index contributed by atoms with van der Waals surface area (Å²) in [6, 6.07) is 5.91. The second-order valence-electron chi connectivity index (χ2n) is 5.85. The van der Waals surface area contributed by atoms with Gasteiger partial charge in [0.2, 0.25) is 0 Å². The lowest BCUT2D eigenvalue weighted by Gasteiger charge is -2.31. The van der Waals surface area contributed by atoms with Gasteiger partial charge in [-0.05, 0) is 44.7 Å². The summed E-state index contributed by atoms with van der Waals surface area (Å²) in [7, 11) is 0. The Morgan fingerprint density at radius 2 is 2.10 bits per heavy atom. The van der Waals surface area contributed by atoms with Crippen LogP contribution in [0.2, 0.25) is 0 Å². The van der Waals surface area contributed by atoms with Crippen molar-refractivity contribution in [3.05, 3.63) is 23.9 Å². The third-order valence-electron chi connectivity index (χ3n) is 3.88. The van der Waals surface area contributed by atoms with Crippen molar-refractivity contribution in [2.75, 3.05) is 18.4 Å². The minimum Gasteiger partial charge on any atom is -0.368 e. The van der Waals surface area contributed by atoms with Crippen LogP contribution in [0.25, 0.3) is 0 Å². The molecule has 1 aliphatic heterocycles. The number of amides is 1. The van der Waals surface area contributed by atoms with Crippen molar-refractivity contribution in [2.45, 2.75) is 46.1 Å². The smallest absolute Gasteiger partial charge is 0.272 e. The van der Waals surface area contributed by atoms with Crippen LogP contribution in [0.5, 0.6) is 0 Å². The van der Waals surface area contributed by atoms with Crippen LogP contribution in [0.15, 0.2) is 18.2 Å². The molecule has 0 radical (unpaired) electrons. The number of piperidine rings is 1. The molecule has 1 fully saturated rings. The number of carbonyl (C=O) groups is 1. The highest BCUT2D eigenvalue weighted by Crippen LogP contribution is 2.21. The Hall–Kier alpha value is -1.58.